The lowest BCUT2D eigenvalue weighted by Gasteiger charge is -2.39. The predicted octanol–water partition coefficient (Wildman–Crippen LogP) is 3.60. The number of methoxy groups -OCH3 is 2. The number of benzene rings is 2. The first-order chi connectivity index (χ1) is 14.9. The van der Waals surface area contributed by atoms with E-state index in [0.717, 1.165) is 5.56 Å². The summed E-state index contributed by atoms with van der Waals surface area (Å²) in [5.41, 5.74) is 1.11. The second-order valence-corrected chi connectivity index (χ2v) is 7.69. The molecule has 0 aliphatic carbocycles. The Labute approximate surface area is 181 Å². The summed E-state index contributed by atoms with van der Waals surface area (Å²) in [6, 6.07) is 10.5. The van der Waals surface area contributed by atoms with Gasteiger partial charge in [-0.1, -0.05) is 18.2 Å². The molecule has 0 saturated carbocycles. The van der Waals surface area contributed by atoms with Gasteiger partial charge >= 0.3 is 6.03 Å². The van der Waals surface area contributed by atoms with Crippen molar-refractivity contribution in [1.29, 1.82) is 0 Å². The van der Waals surface area contributed by atoms with Crippen molar-refractivity contribution < 1.29 is 23.0 Å². The molecule has 2 amide bonds. The fraction of sp³-hybridized carbons (Fsp3) is 0.435. The van der Waals surface area contributed by atoms with Gasteiger partial charge in [0.2, 0.25) is 0 Å². The molecule has 1 heterocycles. The Kier molecular flexibility index (Phi) is 7.68. The van der Waals surface area contributed by atoms with Gasteiger partial charge < -0.3 is 24.6 Å². The third-order valence-electron chi connectivity index (χ3n) is 5.59. The third kappa shape index (κ3) is 5.64. The zero-order chi connectivity index (χ0) is 22.4. The first-order valence-corrected chi connectivity index (χ1v) is 10.2. The summed E-state index contributed by atoms with van der Waals surface area (Å²) in [6.07, 6.45) is -0.738. The van der Waals surface area contributed by atoms with E-state index >= 15 is 0 Å². The average molecular weight is 433 g/mol. The molecule has 0 unspecified atom stereocenters. The predicted molar refractivity (Wildman–Crippen MR) is 115 cm³/mol. The number of carbonyl (C=O) groups excluding carboxylic acids is 1. The highest BCUT2D eigenvalue weighted by Crippen LogP contribution is 2.25. The zero-order valence-electron chi connectivity index (χ0n) is 18.1. The fourth-order valence-corrected chi connectivity index (χ4v) is 3.82. The standard InChI is InChI=1S/C23H29F2N3O3/c1-27-11-10-21(20(25)15-27)28(14-17-6-4-5-7-19(17)24)23(29)26-13-16-8-9-18(30-2)12-22(16)31-3/h4-9,12,20-21H,10-11,13-15H2,1-3H3,(H,26,29)/t20-,21+/m1/s1. The Morgan fingerprint density at radius 1 is 1.19 bits per heavy atom. The van der Waals surface area contributed by atoms with E-state index in [-0.39, 0.29) is 19.6 Å². The van der Waals surface area contributed by atoms with E-state index in [0.29, 0.717) is 30.0 Å². The minimum Gasteiger partial charge on any atom is -0.497 e. The molecule has 0 aromatic heterocycles. The van der Waals surface area contributed by atoms with Crippen molar-refractivity contribution in [2.24, 2.45) is 0 Å². The fourth-order valence-electron chi connectivity index (χ4n) is 3.82. The summed E-state index contributed by atoms with van der Waals surface area (Å²) < 4.78 is 39.7. The minimum atomic E-state index is -1.22. The lowest BCUT2D eigenvalue weighted by atomic mass is 10.0. The Hall–Kier alpha value is -2.87. The molecule has 2 aromatic rings. The highest BCUT2D eigenvalue weighted by molar-refractivity contribution is 5.75. The molecule has 1 aliphatic rings. The van der Waals surface area contributed by atoms with Crippen LogP contribution in [-0.4, -0.2) is 62.4 Å². The molecule has 1 aliphatic heterocycles. The number of hydrogen-bond donors (Lipinski definition) is 1. The van der Waals surface area contributed by atoms with E-state index in [1.807, 2.05) is 11.9 Å². The van der Waals surface area contributed by atoms with Crippen molar-refractivity contribution in [3.05, 3.63) is 59.4 Å². The van der Waals surface area contributed by atoms with Crippen LogP contribution >= 0.6 is 0 Å². The molecule has 1 fully saturated rings. The van der Waals surface area contributed by atoms with Crippen LogP contribution in [0.25, 0.3) is 0 Å². The monoisotopic (exact) mass is 433 g/mol. The van der Waals surface area contributed by atoms with Crippen LogP contribution in [0.5, 0.6) is 11.5 Å². The Balaban J connectivity index is 1.78. The smallest absolute Gasteiger partial charge is 0.318 e. The van der Waals surface area contributed by atoms with Crippen molar-refractivity contribution in [1.82, 2.24) is 15.1 Å². The topological polar surface area (TPSA) is 54.0 Å². The zero-order valence-corrected chi connectivity index (χ0v) is 18.1. The average Bonchev–Trinajstić information content (AvgIpc) is 2.77. The van der Waals surface area contributed by atoms with Gasteiger partial charge in [0.15, 0.2) is 0 Å². The van der Waals surface area contributed by atoms with Gasteiger partial charge in [0.25, 0.3) is 0 Å². The molecule has 168 valence electrons. The number of piperidine rings is 1. The number of hydrogen-bond acceptors (Lipinski definition) is 4. The summed E-state index contributed by atoms with van der Waals surface area (Å²) in [7, 11) is 4.95. The van der Waals surface area contributed by atoms with Gasteiger partial charge in [-0.15, -0.1) is 0 Å². The second kappa shape index (κ2) is 10.4. The number of carbonyl (C=O) groups is 1. The van der Waals surface area contributed by atoms with Gasteiger partial charge in [-0.05, 0) is 31.7 Å². The van der Waals surface area contributed by atoms with Crippen LogP contribution in [0.1, 0.15) is 17.5 Å². The van der Waals surface area contributed by atoms with Crippen LogP contribution in [0.4, 0.5) is 13.6 Å². The van der Waals surface area contributed by atoms with Gasteiger partial charge in [-0.25, -0.2) is 13.6 Å². The Bertz CT molecular complexity index is 896. The second-order valence-electron chi connectivity index (χ2n) is 7.69. The summed E-state index contributed by atoms with van der Waals surface area (Å²) in [5.74, 6) is 0.795. The number of halogens is 2. The van der Waals surface area contributed by atoms with E-state index in [1.54, 1.807) is 43.5 Å². The number of amides is 2. The third-order valence-corrected chi connectivity index (χ3v) is 5.59. The number of rotatable bonds is 7. The largest absolute Gasteiger partial charge is 0.497 e. The van der Waals surface area contributed by atoms with Gasteiger partial charge in [0.05, 0.1) is 26.8 Å². The maximum atomic E-state index is 14.9. The lowest BCUT2D eigenvalue weighted by Crippen LogP contribution is -2.55. The number of ether oxygens (including phenoxy) is 2. The van der Waals surface area contributed by atoms with Gasteiger partial charge in [0, 0.05) is 36.8 Å². The molecule has 0 bridgehead atoms. The molecule has 31 heavy (non-hydrogen) atoms. The summed E-state index contributed by atoms with van der Waals surface area (Å²) in [5, 5.41) is 2.84. The lowest BCUT2D eigenvalue weighted by molar-refractivity contribution is 0.0567. The summed E-state index contributed by atoms with van der Waals surface area (Å²) in [4.78, 5) is 16.4. The maximum absolute atomic E-state index is 14.9. The van der Waals surface area contributed by atoms with Crippen LogP contribution in [-0.2, 0) is 13.1 Å². The highest BCUT2D eigenvalue weighted by atomic mass is 19.1. The first-order valence-electron chi connectivity index (χ1n) is 10.2. The van der Waals surface area contributed by atoms with Crippen LogP contribution in [0, 0.1) is 5.82 Å². The van der Waals surface area contributed by atoms with E-state index in [4.69, 9.17) is 9.47 Å². The number of alkyl halides is 1. The summed E-state index contributed by atoms with van der Waals surface area (Å²) in [6.45, 7) is 1.08. The van der Waals surface area contributed by atoms with E-state index < -0.39 is 24.1 Å². The number of nitrogens with zero attached hydrogens (tertiary/aromatic N) is 2. The summed E-state index contributed by atoms with van der Waals surface area (Å²) >= 11 is 0. The maximum Gasteiger partial charge on any atom is 0.318 e. The molecule has 8 heteroatoms. The Morgan fingerprint density at radius 3 is 2.65 bits per heavy atom. The van der Waals surface area contributed by atoms with Crippen molar-refractivity contribution >= 4 is 6.03 Å². The van der Waals surface area contributed by atoms with Crippen LogP contribution in [0.15, 0.2) is 42.5 Å². The molecule has 1 saturated heterocycles. The van der Waals surface area contributed by atoms with E-state index in [2.05, 4.69) is 5.32 Å². The number of urea groups is 1. The van der Waals surface area contributed by atoms with Gasteiger partial charge in [0.1, 0.15) is 23.5 Å². The van der Waals surface area contributed by atoms with Crippen LogP contribution < -0.4 is 14.8 Å². The molecular weight excluding hydrogens is 404 g/mol. The number of nitrogens with one attached hydrogen (secondary N) is 1. The van der Waals surface area contributed by atoms with E-state index in [9.17, 15) is 13.6 Å². The molecule has 2 atom stereocenters. The van der Waals surface area contributed by atoms with Crippen LogP contribution in [0.3, 0.4) is 0 Å². The molecule has 6 nitrogen and oxygen atoms in total. The number of likely N-dealkylation sites (tertiary alicyclic amines) is 1. The quantitative estimate of drug-likeness (QED) is 0.725. The van der Waals surface area contributed by atoms with Crippen molar-refractivity contribution in [2.75, 3.05) is 34.4 Å². The van der Waals surface area contributed by atoms with Gasteiger partial charge in [-0.2, -0.15) is 0 Å². The molecule has 0 spiro atoms. The van der Waals surface area contributed by atoms with Crippen molar-refractivity contribution in [2.45, 2.75) is 31.7 Å². The molecule has 1 N–H and O–H groups in total. The Morgan fingerprint density at radius 2 is 1.97 bits per heavy atom. The van der Waals surface area contributed by atoms with Crippen molar-refractivity contribution in [3.63, 3.8) is 0 Å². The molecule has 0 radical (unpaired) electrons. The normalized spacial score (nSPS) is 19.0. The molecule has 3 rings (SSSR count). The highest BCUT2D eigenvalue weighted by Gasteiger charge is 2.35. The molecular formula is C23H29F2N3O3. The van der Waals surface area contributed by atoms with E-state index in [1.165, 1.54) is 18.1 Å². The minimum absolute atomic E-state index is 0.00689. The SMILES string of the molecule is COc1ccc(CNC(=O)N(Cc2ccccc2F)[C@H]2CCN(C)C[C@H]2F)c(OC)c1. The van der Waals surface area contributed by atoms with Crippen molar-refractivity contribution in [3.8, 4) is 11.5 Å². The first kappa shape index (κ1) is 22.8. The van der Waals surface area contributed by atoms with Gasteiger partial charge in [-0.3, -0.25) is 0 Å². The molecule has 2 aromatic carbocycles. The van der Waals surface area contributed by atoms with Crippen LogP contribution in [0.2, 0.25) is 0 Å².